The SMILES string of the molecule is Nc1ncnc2c1ncn2[C@@H]1O[C@H](COP(=O)([O-])[O-])[C@@H](OP(=O)([O-])[O-])[C@H]1O.[Na+].[Na+].[Na+].[Na+]. The average molecular weight is 515 g/mol. The molecule has 2 aromatic heterocycles. The van der Waals surface area contributed by atoms with Gasteiger partial charge >= 0.3 is 118 Å². The normalized spacial score (nSPS) is 23.3. The van der Waals surface area contributed by atoms with Crippen molar-refractivity contribution in [3.05, 3.63) is 12.7 Å². The number of phosphoric acid groups is 2. The van der Waals surface area contributed by atoms with Crippen LogP contribution in [-0.4, -0.2) is 49.5 Å². The first-order valence-corrected chi connectivity index (χ1v) is 10.0. The van der Waals surface area contributed by atoms with Crippen LogP contribution in [0.3, 0.4) is 0 Å². The van der Waals surface area contributed by atoms with Crippen LogP contribution in [0.2, 0.25) is 0 Å². The quantitative estimate of drug-likeness (QED) is 0.268. The van der Waals surface area contributed by atoms with E-state index in [-0.39, 0.29) is 135 Å². The van der Waals surface area contributed by atoms with E-state index >= 15 is 0 Å². The van der Waals surface area contributed by atoms with E-state index in [0.29, 0.717) is 0 Å². The van der Waals surface area contributed by atoms with Gasteiger partial charge in [0.25, 0.3) is 0 Å². The Hall–Kier alpha value is 2.49. The molecule has 2 aromatic rings. The van der Waals surface area contributed by atoms with Gasteiger partial charge in [-0.2, -0.15) is 0 Å². The summed E-state index contributed by atoms with van der Waals surface area (Å²) in [5, 5.41) is 10.4. The van der Waals surface area contributed by atoms with Crippen molar-refractivity contribution in [2.45, 2.75) is 24.5 Å². The van der Waals surface area contributed by atoms with Crippen molar-refractivity contribution in [1.82, 2.24) is 19.5 Å². The molecule has 15 nitrogen and oxygen atoms in total. The Morgan fingerprint density at radius 3 is 2.26 bits per heavy atom. The molecule has 0 spiro atoms. The number of nitrogens with zero attached hydrogens (tertiary/aromatic N) is 4. The van der Waals surface area contributed by atoms with Crippen LogP contribution in [0.1, 0.15) is 6.23 Å². The van der Waals surface area contributed by atoms with Crippen LogP contribution in [-0.2, 0) is 22.9 Å². The molecular weight excluding hydrogens is 504 g/mol. The largest absolute Gasteiger partial charge is 1.00 e. The summed E-state index contributed by atoms with van der Waals surface area (Å²) in [6.45, 7) is -0.994. The summed E-state index contributed by atoms with van der Waals surface area (Å²) < 4.78 is 36.4. The van der Waals surface area contributed by atoms with E-state index in [0.717, 1.165) is 17.2 Å². The molecule has 0 radical (unpaired) electrons. The first-order chi connectivity index (χ1) is 12.5. The molecule has 1 saturated heterocycles. The van der Waals surface area contributed by atoms with Crippen molar-refractivity contribution in [1.29, 1.82) is 0 Å². The van der Waals surface area contributed by atoms with Crippen LogP contribution in [0.5, 0.6) is 0 Å². The zero-order valence-corrected chi connectivity index (χ0v) is 26.8. The number of hydrogen-bond acceptors (Lipinski definition) is 14. The molecule has 1 aliphatic heterocycles. The second kappa shape index (κ2) is 14.3. The second-order valence-corrected chi connectivity index (χ2v) is 7.66. The number of ether oxygens (including phenoxy) is 1. The molecule has 3 heterocycles. The maximum Gasteiger partial charge on any atom is 1.00 e. The summed E-state index contributed by atoms with van der Waals surface area (Å²) >= 11 is 0. The predicted molar refractivity (Wildman–Crippen MR) is 75.7 cm³/mol. The molecule has 0 bridgehead atoms. The number of aliphatic hydroxyl groups excluding tert-OH is 1. The topological polar surface area (TPSA) is 244 Å². The fourth-order valence-corrected chi connectivity index (χ4v) is 3.47. The van der Waals surface area contributed by atoms with Crippen LogP contribution < -0.4 is 144 Å². The van der Waals surface area contributed by atoms with Crippen molar-refractivity contribution >= 4 is 32.6 Å². The monoisotopic (exact) mass is 515 g/mol. The number of aliphatic hydroxyl groups is 1. The van der Waals surface area contributed by atoms with Crippen LogP contribution >= 0.6 is 15.6 Å². The fourth-order valence-electron chi connectivity index (χ4n) is 2.58. The van der Waals surface area contributed by atoms with E-state index in [2.05, 4.69) is 24.0 Å². The van der Waals surface area contributed by atoms with Crippen molar-refractivity contribution in [2.75, 3.05) is 12.3 Å². The van der Waals surface area contributed by atoms with E-state index in [1.165, 1.54) is 0 Å². The van der Waals surface area contributed by atoms with Gasteiger partial charge in [-0.05, 0) is 0 Å². The Kier molecular flexibility index (Phi) is 16.4. The first kappa shape index (κ1) is 35.7. The molecule has 21 heteroatoms. The van der Waals surface area contributed by atoms with Gasteiger partial charge in [0.2, 0.25) is 0 Å². The van der Waals surface area contributed by atoms with Crippen LogP contribution in [0.4, 0.5) is 5.82 Å². The van der Waals surface area contributed by atoms with Gasteiger partial charge in [0.1, 0.15) is 30.2 Å². The molecule has 0 aromatic carbocycles. The molecular formula is C10H11N5Na4O10P2. The average Bonchev–Trinajstić information content (AvgIpc) is 3.07. The Labute approximate surface area is 263 Å². The smallest absolute Gasteiger partial charge is 0.790 e. The number of rotatable bonds is 6. The Bertz CT molecular complexity index is 943. The zero-order chi connectivity index (χ0) is 20.0. The Morgan fingerprint density at radius 2 is 1.71 bits per heavy atom. The summed E-state index contributed by atoms with van der Waals surface area (Å²) in [6.07, 6.45) is -4.40. The third-order valence-electron chi connectivity index (χ3n) is 3.62. The zero-order valence-electron chi connectivity index (χ0n) is 17.1. The molecule has 0 amide bonds. The fraction of sp³-hybridized carbons (Fsp3) is 0.500. The number of nitrogens with two attached hydrogens (primary N) is 1. The minimum atomic E-state index is -5.60. The van der Waals surface area contributed by atoms with Gasteiger partial charge in [-0.15, -0.1) is 0 Å². The van der Waals surface area contributed by atoms with Gasteiger partial charge < -0.3 is 53.3 Å². The molecule has 1 fully saturated rings. The van der Waals surface area contributed by atoms with Gasteiger partial charge in [0.15, 0.2) is 17.7 Å². The van der Waals surface area contributed by atoms with Gasteiger partial charge in [-0.3, -0.25) is 4.57 Å². The standard InChI is InChI=1S/C10H15N5O10P2.4Na/c11-8-5-9(13-2-12-8)15(3-14-5)10-6(16)7(25-27(20,21)22)4(24-10)1-23-26(17,18)19;;;;/h2-4,6-7,10,16H,1H2,(H2,11,12,13)(H2,17,18,19)(H2,20,21,22);;;;/q;4*+1/p-4/t4-,6-,7-,10-;;;;/m1..../s1. The third kappa shape index (κ3) is 9.47. The molecule has 1 aliphatic rings. The van der Waals surface area contributed by atoms with E-state index in [9.17, 15) is 33.8 Å². The minimum absolute atomic E-state index is 0. The van der Waals surface area contributed by atoms with E-state index < -0.39 is 46.8 Å². The summed E-state index contributed by atoms with van der Waals surface area (Å²) in [7, 11) is -11.0. The van der Waals surface area contributed by atoms with Crippen LogP contribution in [0, 0.1) is 0 Å². The third-order valence-corrected chi connectivity index (χ3v) is 4.59. The van der Waals surface area contributed by atoms with Crippen LogP contribution in [0.25, 0.3) is 11.2 Å². The number of imidazole rings is 1. The molecule has 150 valence electrons. The molecule has 3 N–H and O–H groups in total. The van der Waals surface area contributed by atoms with Gasteiger partial charge in [0.05, 0.1) is 28.6 Å². The van der Waals surface area contributed by atoms with Crippen molar-refractivity contribution < 1.29 is 166 Å². The number of anilines is 1. The number of phosphoric ester groups is 2. The van der Waals surface area contributed by atoms with Gasteiger partial charge in [-0.1, -0.05) is 0 Å². The molecule has 3 rings (SSSR count). The molecule has 0 aliphatic carbocycles. The number of nitrogen functional groups attached to an aromatic ring is 1. The Morgan fingerprint density at radius 1 is 1.10 bits per heavy atom. The maximum absolute atomic E-state index is 10.9. The van der Waals surface area contributed by atoms with Crippen LogP contribution in [0.15, 0.2) is 12.7 Å². The summed E-state index contributed by atoms with van der Waals surface area (Å²) in [4.78, 5) is 54.7. The van der Waals surface area contributed by atoms with Gasteiger partial charge in [-0.25, -0.2) is 15.0 Å². The maximum atomic E-state index is 10.9. The molecule has 4 atom stereocenters. The molecule has 0 unspecified atom stereocenters. The summed E-state index contributed by atoms with van der Waals surface area (Å²) in [5.41, 5.74) is 5.88. The van der Waals surface area contributed by atoms with E-state index in [1.54, 1.807) is 0 Å². The van der Waals surface area contributed by atoms with E-state index in [4.69, 9.17) is 10.5 Å². The Balaban J connectivity index is 0. The van der Waals surface area contributed by atoms with E-state index in [1.807, 2.05) is 0 Å². The van der Waals surface area contributed by atoms with Crippen molar-refractivity contribution in [3.63, 3.8) is 0 Å². The minimum Gasteiger partial charge on any atom is -0.790 e. The summed E-state index contributed by atoms with van der Waals surface area (Å²) in [6, 6.07) is 0. The number of aromatic nitrogens is 4. The predicted octanol–water partition coefficient (Wildman–Crippen LogP) is -16.3. The number of fused-ring (bicyclic) bond motifs is 1. The second-order valence-electron chi connectivity index (χ2n) is 5.40. The molecule has 0 saturated carbocycles. The first-order valence-electron chi connectivity index (χ1n) is 7.10. The number of hydrogen-bond donors (Lipinski definition) is 2. The van der Waals surface area contributed by atoms with Crippen molar-refractivity contribution in [3.8, 4) is 0 Å². The van der Waals surface area contributed by atoms with Gasteiger partial charge in [0, 0.05) is 0 Å². The molecule has 31 heavy (non-hydrogen) atoms. The van der Waals surface area contributed by atoms with Crippen molar-refractivity contribution in [2.24, 2.45) is 0 Å². The summed E-state index contributed by atoms with van der Waals surface area (Å²) in [5.74, 6) is 0.0150.